The Bertz CT molecular complexity index is 323. The van der Waals surface area contributed by atoms with Crippen LogP contribution in [0.1, 0.15) is 24.2 Å². The minimum absolute atomic E-state index is 0.0139. The summed E-state index contributed by atoms with van der Waals surface area (Å²) < 4.78 is 0.926. The number of carbonyl (C=O) groups is 1. The maximum atomic E-state index is 11.6. The monoisotopic (exact) mass is 255 g/mol. The molecule has 1 N–H and O–H groups in total. The summed E-state index contributed by atoms with van der Waals surface area (Å²) in [6.07, 6.45) is 0. The van der Waals surface area contributed by atoms with Gasteiger partial charge in [-0.25, -0.2) is 0 Å². The number of nitrogens with one attached hydrogen (secondary N) is 1. The van der Waals surface area contributed by atoms with Crippen molar-refractivity contribution in [1.29, 1.82) is 0 Å². The lowest BCUT2D eigenvalue weighted by atomic mass is 10.2. The van der Waals surface area contributed by atoms with E-state index in [2.05, 4.69) is 35.1 Å². The van der Waals surface area contributed by atoms with Crippen LogP contribution in [-0.2, 0) is 0 Å². The zero-order valence-electron chi connectivity index (χ0n) is 8.38. The van der Waals surface area contributed by atoms with Gasteiger partial charge in [0, 0.05) is 16.6 Å². The summed E-state index contributed by atoms with van der Waals surface area (Å²) in [7, 11) is 0. The van der Waals surface area contributed by atoms with E-state index in [-0.39, 0.29) is 5.91 Å². The molecule has 1 amide bonds. The molecule has 0 aliphatic heterocycles. The van der Waals surface area contributed by atoms with Gasteiger partial charge in [-0.05, 0) is 24.1 Å². The Balaban J connectivity index is 2.61. The molecule has 0 fully saturated rings. The van der Waals surface area contributed by atoms with Gasteiger partial charge in [0.25, 0.3) is 5.91 Å². The Morgan fingerprint density at radius 2 is 2.21 bits per heavy atom. The summed E-state index contributed by atoms with van der Waals surface area (Å²) in [5.41, 5.74) is 0.694. The van der Waals surface area contributed by atoms with Gasteiger partial charge in [-0.1, -0.05) is 35.8 Å². The Hall–Kier alpha value is -0.830. The van der Waals surface area contributed by atoms with Crippen molar-refractivity contribution in [2.45, 2.75) is 13.8 Å². The van der Waals surface area contributed by atoms with E-state index in [1.54, 1.807) is 6.07 Å². The highest BCUT2D eigenvalue weighted by molar-refractivity contribution is 9.10. The van der Waals surface area contributed by atoms with E-state index in [4.69, 9.17) is 0 Å². The zero-order chi connectivity index (χ0) is 10.6. The second kappa shape index (κ2) is 5.15. The van der Waals surface area contributed by atoms with Crippen LogP contribution in [0.25, 0.3) is 0 Å². The number of halogens is 1. The molecule has 0 saturated carbocycles. The van der Waals surface area contributed by atoms with Crippen molar-refractivity contribution in [2.24, 2.45) is 5.92 Å². The van der Waals surface area contributed by atoms with Crippen LogP contribution < -0.4 is 5.32 Å². The zero-order valence-corrected chi connectivity index (χ0v) is 9.97. The van der Waals surface area contributed by atoms with Crippen LogP contribution in [0.3, 0.4) is 0 Å². The lowest BCUT2D eigenvalue weighted by Gasteiger charge is -2.07. The van der Waals surface area contributed by atoms with E-state index in [0.717, 1.165) is 4.47 Å². The molecule has 0 aliphatic rings. The molecule has 2 nitrogen and oxygen atoms in total. The van der Waals surface area contributed by atoms with Crippen molar-refractivity contribution in [3.63, 3.8) is 0 Å². The Kier molecular flexibility index (Phi) is 4.14. The minimum atomic E-state index is -0.0139. The Labute approximate surface area is 92.8 Å². The molecule has 0 atom stereocenters. The quantitative estimate of drug-likeness (QED) is 0.885. The lowest BCUT2D eigenvalue weighted by Crippen LogP contribution is -2.27. The molecule has 0 spiro atoms. The molecule has 1 aromatic carbocycles. The molecular formula is C11H14BrNO. The maximum Gasteiger partial charge on any atom is 0.251 e. The topological polar surface area (TPSA) is 29.1 Å². The van der Waals surface area contributed by atoms with Crippen LogP contribution in [0.15, 0.2) is 28.7 Å². The number of benzene rings is 1. The van der Waals surface area contributed by atoms with Crippen LogP contribution in [-0.4, -0.2) is 12.5 Å². The molecule has 76 valence electrons. The molecule has 3 heteroatoms. The molecule has 0 radical (unpaired) electrons. The van der Waals surface area contributed by atoms with Gasteiger partial charge >= 0.3 is 0 Å². The van der Waals surface area contributed by atoms with Gasteiger partial charge in [-0.15, -0.1) is 0 Å². The van der Waals surface area contributed by atoms with E-state index in [1.807, 2.05) is 18.2 Å². The smallest absolute Gasteiger partial charge is 0.251 e. The highest BCUT2D eigenvalue weighted by Gasteiger charge is 2.05. The SMILES string of the molecule is CC(C)CNC(=O)c1cccc(Br)c1. The fraction of sp³-hybridized carbons (Fsp3) is 0.364. The standard InChI is InChI=1S/C11H14BrNO/c1-8(2)7-13-11(14)9-4-3-5-10(12)6-9/h3-6,8H,7H2,1-2H3,(H,13,14). The third-order valence-electron chi connectivity index (χ3n) is 1.76. The number of hydrogen-bond acceptors (Lipinski definition) is 1. The fourth-order valence-electron chi connectivity index (χ4n) is 1.03. The summed E-state index contributed by atoms with van der Waals surface area (Å²) in [5.74, 6) is 0.464. The molecule has 0 unspecified atom stereocenters. The third-order valence-corrected chi connectivity index (χ3v) is 2.25. The van der Waals surface area contributed by atoms with E-state index < -0.39 is 0 Å². The first-order valence-corrected chi connectivity index (χ1v) is 5.42. The largest absolute Gasteiger partial charge is 0.352 e. The average Bonchev–Trinajstić information content (AvgIpc) is 2.14. The van der Waals surface area contributed by atoms with Crippen LogP contribution in [0.5, 0.6) is 0 Å². The van der Waals surface area contributed by atoms with Gasteiger partial charge in [0.05, 0.1) is 0 Å². The van der Waals surface area contributed by atoms with Gasteiger partial charge in [-0.2, -0.15) is 0 Å². The predicted molar refractivity (Wildman–Crippen MR) is 61.3 cm³/mol. The first kappa shape index (κ1) is 11.2. The summed E-state index contributed by atoms with van der Waals surface area (Å²) >= 11 is 3.33. The predicted octanol–water partition coefficient (Wildman–Crippen LogP) is 2.83. The number of rotatable bonds is 3. The Morgan fingerprint density at radius 1 is 1.50 bits per heavy atom. The molecule has 14 heavy (non-hydrogen) atoms. The number of hydrogen-bond donors (Lipinski definition) is 1. The van der Waals surface area contributed by atoms with Crippen LogP contribution >= 0.6 is 15.9 Å². The van der Waals surface area contributed by atoms with Crippen LogP contribution in [0.4, 0.5) is 0 Å². The van der Waals surface area contributed by atoms with Crippen LogP contribution in [0.2, 0.25) is 0 Å². The summed E-state index contributed by atoms with van der Waals surface area (Å²) in [6.45, 7) is 4.85. The lowest BCUT2D eigenvalue weighted by molar-refractivity contribution is 0.0949. The third kappa shape index (κ3) is 3.50. The normalized spacial score (nSPS) is 10.3. The minimum Gasteiger partial charge on any atom is -0.352 e. The first-order valence-electron chi connectivity index (χ1n) is 4.63. The van der Waals surface area contributed by atoms with Crippen molar-refractivity contribution in [3.05, 3.63) is 34.3 Å². The van der Waals surface area contributed by atoms with Gasteiger partial charge in [0.15, 0.2) is 0 Å². The molecule has 0 bridgehead atoms. The summed E-state index contributed by atoms with van der Waals surface area (Å²) in [6, 6.07) is 7.38. The maximum absolute atomic E-state index is 11.6. The molecule has 1 rings (SSSR count). The van der Waals surface area contributed by atoms with Gasteiger partial charge in [0.1, 0.15) is 0 Å². The molecule has 1 aromatic rings. The average molecular weight is 256 g/mol. The van der Waals surface area contributed by atoms with Crippen molar-refractivity contribution >= 4 is 21.8 Å². The van der Waals surface area contributed by atoms with Crippen molar-refractivity contribution in [2.75, 3.05) is 6.54 Å². The van der Waals surface area contributed by atoms with Gasteiger partial charge in [0.2, 0.25) is 0 Å². The first-order chi connectivity index (χ1) is 6.59. The van der Waals surface area contributed by atoms with Gasteiger partial charge in [-0.3, -0.25) is 4.79 Å². The number of amides is 1. The molecule has 0 aliphatic carbocycles. The fourth-order valence-corrected chi connectivity index (χ4v) is 1.43. The second-order valence-electron chi connectivity index (χ2n) is 3.61. The van der Waals surface area contributed by atoms with Crippen LogP contribution in [0, 0.1) is 5.92 Å². The molecule has 0 heterocycles. The van der Waals surface area contributed by atoms with Crippen molar-refractivity contribution in [3.8, 4) is 0 Å². The molecular weight excluding hydrogens is 242 g/mol. The van der Waals surface area contributed by atoms with Crippen molar-refractivity contribution in [1.82, 2.24) is 5.32 Å². The second-order valence-corrected chi connectivity index (χ2v) is 4.53. The highest BCUT2D eigenvalue weighted by atomic mass is 79.9. The summed E-state index contributed by atoms with van der Waals surface area (Å²) in [5, 5.41) is 2.87. The highest BCUT2D eigenvalue weighted by Crippen LogP contribution is 2.11. The van der Waals surface area contributed by atoms with E-state index in [9.17, 15) is 4.79 Å². The van der Waals surface area contributed by atoms with E-state index in [1.165, 1.54) is 0 Å². The molecule has 0 aromatic heterocycles. The summed E-state index contributed by atoms with van der Waals surface area (Å²) in [4.78, 5) is 11.6. The van der Waals surface area contributed by atoms with E-state index in [0.29, 0.717) is 18.0 Å². The molecule has 0 saturated heterocycles. The van der Waals surface area contributed by atoms with E-state index >= 15 is 0 Å². The van der Waals surface area contributed by atoms with Gasteiger partial charge < -0.3 is 5.32 Å². The van der Waals surface area contributed by atoms with Crippen molar-refractivity contribution < 1.29 is 4.79 Å². The number of carbonyl (C=O) groups excluding carboxylic acids is 1. The Morgan fingerprint density at radius 3 is 2.79 bits per heavy atom.